The van der Waals surface area contributed by atoms with E-state index in [9.17, 15) is 0 Å². The largest absolute Gasteiger partial charge is 0.370 e. The van der Waals surface area contributed by atoms with Crippen LogP contribution in [0, 0.1) is 0 Å². The molecule has 1 aliphatic rings. The zero-order valence-electron chi connectivity index (χ0n) is 13.8. The number of aromatic nitrogens is 5. The average Bonchev–Trinajstić information content (AvgIpc) is 3.34. The molecule has 4 rings (SSSR count). The van der Waals surface area contributed by atoms with Gasteiger partial charge in [-0.25, -0.2) is 4.98 Å². The first-order valence-electron chi connectivity index (χ1n) is 8.17. The lowest BCUT2D eigenvalue weighted by molar-refractivity contribution is 0.0444. The standard InChI is InChI=1S/C18H18ClN5O/c1-23-11-10-16(21-23)24-17(12-25-15-4-2-3-5-15)20-18(22-24)13-6-8-14(19)9-7-13/h2-3,6-11,15H,4-5,12H2,1H3. The molecule has 0 amide bonds. The molecule has 0 saturated heterocycles. The summed E-state index contributed by atoms with van der Waals surface area (Å²) in [6.07, 6.45) is 8.28. The number of hydrogen-bond acceptors (Lipinski definition) is 4. The fraction of sp³-hybridized carbons (Fsp3) is 0.278. The maximum absolute atomic E-state index is 5.98. The van der Waals surface area contributed by atoms with Crippen LogP contribution in [-0.4, -0.2) is 30.6 Å². The minimum absolute atomic E-state index is 0.216. The molecule has 7 heteroatoms. The molecule has 0 unspecified atom stereocenters. The Morgan fingerprint density at radius 3 is 2.56 bits per heavy atom. The molecule has 0 aliphatic heterocycles. The van der Waals surface area contributed by atoms with Gasteiger partial charge in [0.2, 0.25) is 0 Å². The SMILES string of the molecule is Cn1ccc(-n2nc(-c3ccc(Cl)cc3)nc2COC2CC=CC2)n1. The van der Waals surface area contributed by atoms with Gasteiger partial charge in [-0.1, -0.05) is 23.8 Å². The molecule has 6 nitrogen and oxygen atoms in total. The van der Waals surface area contributed by atoms with Crippen LogP contribution >= 0.6 is 11.6 Å². The van der Waals surface area contributed by atoms with E-state index in [0.29, 0.717) is 17.5 Å². The van der Waals surface area contributed by atoms with Gasteiger partial charge in [0.25, 0.3) is 0 Å². The zero-order valence-corrected chi connectivity index (χ0v) is 14.6. The molecule has 1 aromatic carbocycles. The molecule has 0 atom stereocenters. The van der Waals surface area contributed by atoms with Gasteiger partial charge in [-0.15, -0.1) is 5.10 Å². The van der Waals surface area contributed by atoms with Crippen LogP contribution in [0.4, 0.5) is 0 Å². The Hall–Kier alpha value is -2.44. The molecule has 0 spiro atoms. The van der Waals surface area contributed by atoms with Gasteiger partial charge in [-0.05, 0) is 37.1 Å². The summed E-state index contributed by atoms with van der Waals surface area (Å²) in [4.78, 5) is 4.67. The van der Waals surface area contributed by atoms with E-state index in [1.165, 1.54) is 0 Å². The van der Waals surface area contributed by atoms with Gasteiger partial charge in [0.05, 0.1) is 6.10 Å². The number of aryl methyl sites for hydroxylation is 1. The van der Waals surface area contributed by atoms with Crippen molar-refractivity contribution in [1.29, 1.82) is 0 Å². The van der Waals surface area contributed by atoms with Crippen molar-refractivity contribution in [2.24, 2.45) is 7.05 Å². The Morgan fingerprint density at radius 2 is 1.88 bits per heavy atom. The number of nitrogens with zero attached hydrogens (tertiary/aromatic N) is 5. The predicted molar refractivity (Wildman–Crippen MR) is 95.5 cm³/mol. The highest BCUT2D eigenvalue weighted by atomic mass is 35.5. The Balaban J connectivity index is 1.65. The highest BCUT2D eigenvalue weighted by Crippen LogP contribution is 2.22. The summed E-state index contributed by atoms with van der Waals surface area (Å²) in [5, 5.41) is 9.75. The molecule has 0 fully saturated rings. The van der Waals surface area contributed by atoms with E-state index in [1.54, 1.807) is 9.36 Å². The first-order chi connectivity index (χ1) is 12.2. The molecule has 2 aromatic heterocycles. The second-order valence-corrected chi connectivity index (χ2v) is 6.43. The van der Waals surface area contributed by atoms with E-state index in [1.807, 2.05) is 43.6 Å². The van der Waals surface area contributed by atoms with Crippen LogP contribution in [0.5, 0.6) is 0 Å². The highest BCUT2D eigenvalue weighted by molar-refractivity contribution is 6.30. The lowest BCUT2D eigenvalue weighted by Gasteiger charge is -2.10. The van der Waals surface area contributed by atoms with Crippen molar-refractivity contribution in [3.8, 4) is 17.2 Å². The second-order valence-electron chi connectivity index (χ2n) is 5.99. The van der Waals surface area contributed by atoms with Crippen LogP contribution in [0.25, 0.3) is 17.2 Å². The van der Waals surface area contributed by atoms with Crippen molar-refractivity contribution in [3.63, 3.8) is 0 Å². The maximum atomic E-state index is 5.98. The molecular formula is C18H18ClN5O. The van der Waals surface area contributed by atoms with Crippen LogP contribution in [0.2, 0.25) is 5.02 Å². The summed E-state index contributed by atoms with van der Waals surface area (Å²) in [5.41, 5.74) is 0.905. The summed E-state index contributed by atoms with van der Waals surface area (Å²) in [5.74, 6) is 2.08. The van der Waals surface area contributed by atoms with Crippen molar-refractivity contribution in [2.75, 3.05) is 0 Å². The first kappa shape index (κ1) is 16.1. The quantitative estimate of drug-likeness (QED) is 0.657. The Kier molecular flexibility index (Phi) is 4.38. The molecule has 25 heavy (non-hydrogen) atoms. The average molecular weight is 356 g/mol. The third-order valence-corrected chi connectivity index (χ3v) is 4.36. The van der Waals surface area contributed by atoms with Gasteiger partial charge in [-0.2, -0.15) is 9.78 Å². The summed E-state index contributed by atoms with van der Waals surface area (Å²) >= 11 is 5.97. The summed E-state index contributed by atoms with van der Waals surface area (Å²) in [6, 6.07) is 9.39. The number of hydrogen-bond donors (Lipinski definition) is 0. The summed E-state index contributed by atoms with van der Waals surface area (Å²) in [7, 11) is 1.88. The van der Waals surface area contributed by atoms with Gasteiger partial charge < -0.3 is 4.74 Å². The zero-order chi connectivity index (χ0) is 17.2. The molecule has 0 saturated carbocycles. The smallest absolute Gasteiger partial charge is 0.182 e. The van der Waals surface area contributed by atoms with Crippen LogP contribution in [0.1, 0.15) is 18.7 Å². The van der Waals surface area contributed by atoms with Crippen molar-refractivity contribution in [2.45, 2.75) is 25.6 Å². The second kappa shape index (κ2) is 6.82. The fourth-order valence-electron chi connectivity index (χ4n) is 2.78. The Bertz CT molecular complexity index is 889. The first-order valence-corrected chi connectivity index (χ1v) is 8.55. The van der Waals surface area contributed by atoms with Crippen LogP contribution in [-0.2, 0) is 18.4 Å². The minimum atomic E-state index is 0.216. The van der Waals surface area contributed by atoms with Crippen LogP contribution in [0.15, 0.2) is 48.7 Å². The van der Waals surface area contributed by atoms with Crippen molar-refractivity contribution >= 4 is 11.6 Å². The minimum Gasteiger partial charge on any atom is -0.370 e. The monoisotopic (exact) mass is 355 g/mol. The number of ether oxygens (including phenoxy) is 1. The van der Waals surface area contributed by atoms with E-state index >= 15 is 0 Å². The van der Waals surface area contributed by atoms with Gasteiger partial charge in [-0.3, -0.25) is 4.68 Å². The van der Waals surface area contributed by atoms with Gasteiger partial charge in [0.15, 0.2) is 17.5 Å². The third kappa shape index (κ3) is 3.50. The Labute approximate surface area is 150 Å². The van der Waals surface area contributed by atoms with Crippen molar-refractivity contribution < 1.29 is 4.74 Å². The molecule has 0 N–H and O–H groups in total. The molecule has 128 valence electrons. The molecule has 3 aromatic rings. The van der Waals surface area contributed by atoms with Gasteiger partial charge in [0, 0.05) is 29.9 Å². The molecule has 0 bridgehead atoms. The van der Waals surface area contributed by atoms with E-state index in [-0.39, 0.29) is 6.10 Å². The molecule has 2 heterocycles. The normalized spacial score (nSPS) is 14.5. The van der Waals surface area contributed by atoms with E-state index in [2.05, 4.69) is 27.3 Å². The summed E-state index contributed by atoms with van der Waals surface area (Å²) in [6.45, 7) is 0.392. The highest BCUT2D eigenvalue weighted by Gasteiger charge is 2.17. The number of halogens is 1. The predicted octanol–water partition coefficient (Wildman–Crippen LogP) is 3.56. The topological polar surface area (TPSA) is 57.8 Å². The van der Waals surface area contributed by atoms with Gasteiger partial charge in [0.1, 0.15) is 6.61 Å². The third-order valence-electron chi connectivity index (χ3n) is 4.11. The van der Waals surface area contributed by atoms with Crippen molar-refractivity contribution in [1.82, 2.24) is 24.5 Å². The maximum Gasteiger partial charge on any atom is 0.182 e. The van der Waals surface area contributed by atoms with E-state index in [0.717, 1.165) is 30.0 Å². The number of benzene rings is 1. The summed E-state index contributed by atoms with van der Waals surface area (Å²) < 4.78 is 9.47. The lowest BCUT2D eigenvalue weighted by atomic mass is 10.2. The molecular weight excluding hydrogens is 338 g/mol. The number of rotatable bonds is 5. The van der Waals surface area contributed by atoms with E-state index in [4.69, 9.17) is 16.3 Å². The fourth-order valence-corrected chi connectivity index (χ4v) is 2.90. The van der Waals surface area contributed by atoms with Gasteiger partial charge >= 0.3 is 0 Å². The molecule has 1 aliphatic carbocycles. The lowest BCUT2D eigenvalue weighted by Crippen LogP contribution is -2.12. The van der Waals surface area contributed by atoms with Crippen LogP contribution in [0.3, 0.4) is 0 Å². The molecule has 0 radical (unpaired) electrons. The Morgan fingerprint density at radius 1 is 1.12 bits per heavy atom. The van der Waals surface area contributed by atoms with Crippen LogP contribution < -0.4 is 0 Å². The van der Waals surface area contributed by atoms with Crippen molar-refractivity contribution in [3.05, 3.63) is 59.5 Å². The van der Waals surface area contributed by atoms with E-state index < -0.39 is 0 Å².